The van der Waals surface area contributed by atoms with Crippen LogP contribution < -0.4 is 15.3 Å². The number of alkyl halides is 3. The number of rotatable bonds is 4. The van der Waals surface area contributed by atoms with Crippen LogP contribution in [0.1, 0.15) is 35.7 Å². The van der Waals surface area contributed by atoms with Crippen molar-refractivity contribution in [2.75, 3.05) is 23.3 Å². The number of piperidine rings is 1. The van der Waals surface area contributed by atoms with E-state index in [1.807, 2.05) is 12.1 Å². The molecule has 4 rings (SSSR count). The number of para-hydroxylation sites is 1. The summed E-state index contributed by atoms with van der Waals surface area (Å²) in [5.74, 6) is -0.810. The minimum atomic E-state index is -4.61. The molecule has 1 N–H and O–H groups in total. The molecule has 162 valence electrons. The fourth-order valence-electron chi connectivity index (χ4n) is 3.91. The van der Waals surface area contributed by atoms with Gasteiger partial charge in [0.15, 0.2) is 0 Å². The zero-order chi connectivity index (χ0) is 22.2. The van der Waals surface area contributed by atoms with E-state index in [1.165, 1.54) is 12.1 Å². The summed E-state index contributed by atoms with van der Waals surface area (Å²) < 4.78 is 40.2. The Hall–Kier alpha value is -3.29. The normalized spacial score (nSPS) is 15.3. The van der Waals surface area contributed by atoms with Gasteiger partial charge in [-0.05, 0) is 49.1 Å². The van der Waals surface area contributed by atoms with Gasteiger partial charge < -0.3 is 20.1 Å². The number of benzene rings is 2. The molecule has 1 saturated heterocycles. The third kappa shape index (κ3) is 4.28. The zero-order valence-corrected chi connectivity index (χ0v) is 16.9. The number of carboxylic acids is 1. The minimum absolute atomic E-state index is 0.0237. The Bertz CT molecular complexity index is 1110. The molecular weight excluding hydrogens is 407 g/mol. The molecule has 0 spiro atoms. The Balaban J connectivity index is 1.70. The van der Waals surface area contributed by atoms with Crippen molar-refractivity contribution >= 4 is 33.9 Å². The Labute approximate surface area is 177 Å². The number of nitrogens with zero attached hydrogens (tertiary/aromatic N) is 2. The molecule has 1 fully saturated rings. The molecule has 1 aliphatic heterocycles. The second-order valence-corrected chi connectivity index (χ2v) is 7.88. The quantitative estimate of drug-likeness (QED) is 0.658. The number of pyridine rings is 1. The molecule has 0 saturated carbocycles. The van der Waals surface area contributed by atoms with Crippen LogP contribution in [0.15, 0.2) is 48.7 Å². The molecule has 2 aromatic carbocycles. The number of fused-ring (bicyclic) bond motifs is 1. The second kappa shape index (κ2) is 8.09. The lowest BCUT2D eigenvalue weighted by atomic mass is 9.99. The second-order valence-electron chi connectivity index (χ2n) is 7.88. The van der Waals surface area contributed by atoms with Gasteiger partial charge in [-0.25, -0.2) is 0 Å². The maximum absolute atomic E-state index is 13.4. The number of nitrogens with one attached hydrogen (secondary N) is 1. The Morgan fingerprint density at radius 3 is 2.42 bits per heavy atom. The van der Waals surface area contributed by atoms with E-state index in [0.29, 0.717) is 11.6 Å². The summed E-state index contributed by atoms with van der Waals surface area (Å²) in [6.07, 6.45) is -1.46. The lowest BCUT2D eigenvalue weighted by Crippen LogP contribution is -2.32. The van der Waals surface area contributed by atoms with Crippen molar-refractivity contribution in [3.63, 3.8) is 0 Å². The number of hydrogen-bond acceptors (Lipinski definition) is 5. The van der Waals surface area contributed by atoms with Gasteiger partial charge in [0.25, 0.3) is 0 Å². The van der Waals surface area contributed by atoms with E-state index < -0.39 is 17.7 Å². The molecule has 3 aromatic rings. The first kappa shape index (κ1) is 21.0. The highest BCUT2D eigenvalue weighted by Gasteiger charge is 2.33. The number of anilines is 3. The predicted molar refractivity (Wildman–Crippen MR) is 111 cm³/mol. The third-order valence-corrected chi connectivity index (χ3v) is 5.71. The number of halogens is 3. The summed E-state index contributed by atoms with van der Waals surface area (Å²) in [5.41, 5.74) is 0.0869. The molecule has 0 atom stereocenters. The van der Waals surface area contributed by atoms with Gasteiger partial charge >= 0.3 is 6.18 Å². The molecule has 0 unspecified atom stereocenters. The lowest BCUT2D eigenvalue weighted by molar-refractivity contribution is -0.254. The molecule has 0 bridgehead atoms. The highest BCUT2D eigenvalue weighted by Crippen LogP contribution is 2.37. The standard InChI is InChI=1S/C23H22F3N3O2/c1-14-9-11-29(12-10-14)16-7-5-15(6-8-16)28-20-17-3-2-4-19(23(24,25)26)21(17)27-13-18(20)22(30)31/h2-8,13-14H,9-12H2,1H3,(H,27,28)(H,30,31)/p-1. The summed E-state index contributed by atoms with van der Waals surface area (Å²) >= 11 is 0. The summed E-state index contributed by atoms with van der Waals surface area (Å²) in [6, 6.07) is 11.0. The summed E-state index contributed by atoms with van der Waals surface area (Å²) in [7, 11) is 0. The monoisotopic (exact) mass is 428 g/mol. The Morgan fingerprint density at radius 1 is 1.13 bits per heavy atom. The van der Waals surface area contributed by atoms with E-state index in [-0.39, 0.29) is 22.2 Å². The fraction of sp³-hybridized carbons (Fsp3) is 0.304. The van der Waals surface area contributed by atoms with Crippen LogP contribution in [0.25, 0.3) is 10.9 Å². The van der Waals surface area contributed by atoms with Crippen LogP contribution in [0.3, 0.4) is 0 Å². The maximum atomic E-state index is 13.4. The molecular formula is C23H21F3N3O2-. The van der Waals surface area contributed by atoms with Crippen molar-refractivity contribution < 1.29 is 23.1 Å². The van der Waals surface area contributed by atoms with Gasteiger partial charge in [0.1, 0.15) is 0 Å². The average molecular weight is 428 g/mol. The first-order chi connectivity index (χ1) is 14.7. The van der Waals surface area contributed by atoms with Crippen LogP contribution in [0.2, 0.25) is 0 Å². The fourth-order valence-corrected chi connectivity index (χ4v) is 3.91. The third-order valence-electron chi connectivity index (χ3n) is 5.71. The first-order valence-electron chi connectivity index (χ1n) is 10.1. The van der Waals surface area contributed by atoms with Crippen molar-refractivity contribution in [1.82, 2.24) is 4.98 Å². The van der Waals surface area contributed by atoms with E-state index >= 15 is 0 Å². The number of carboxylic acid groups (broad SMARTS) is 1. The number of carbonyl (C=O) groups is 1. The topological polar surface area (TPSA) is 68.3 Å². The highest BCUT2D eigenvalue weighted by atomic mass is 19.4. The van der Waals surface area contributed by atoms with E-state index in [4.69, 9.17) is 0 Å². The van der Waals surface area contributed by atoms with Crippen molar-refractivity contribution in [2.45, 2.75) is 25.9 Å². The molecule has 1 aromatic heterocycles. The number of carbonyl (C=O) groups excluding carboxylic acids is 1. The summed E-state index contributed by atoms with van der Waals surface area (Å²) in [4.78, 5) is 17.7. The molecule has 0 amide bonds. The largest absolute Gasteiger partial charge is 0.545 e. The zero-order valence-electron chi connectivity index (χ0n) is 16.9. The van der Waals surface area contributed by atoms with Crippen LogP contribution in [0, 0.1) is 5.92 Å². The molecule has 0 aliphatic carbocycles. The summed E-state index contributed by atoms with van der Waals surface area (Å²) in [6.45, 7) is 4.18. The molecule has 5 nitrogen and oxygen atoms in total. The van der Waals surface area contributed by atoms with E-state index in [1.54, 1.807) is 12.1 Å². The van der Waals surface area contributed by atoms with Crippen molar-refractivity contribution in [3.8, 4) is 0 Å². The SMILES string of the molecule is CC1CCN(c2ccc(Nc3c(C(=O)[O-])cnc4c(C(F)(F)F)cccc34)cc2)CC1. The van der Waals surface area contributed by atoms with Gasteiger partial charge in [0, 0.05) is 41.6 Å². The highest BCUT2D eigenvalue weighted by molar-refractivity contribution is 6.05. The van der Waals surface area contributed by atoms with Gasteiger partial charge in [0.05, 0.1) is 22.7 Å². The smallest absolute Gasteiger partial charge is 0.418 e. The van der Waals surface area contributed by atoms with Gasteiger partial charge in [-0.3, -0.25) is 4.98 Å². The lowest BCUT2D eigenvalue weighted by Gasteiger charge is -2.32. The van der Waals surface area contributed by atoms with Crippen LogP contribution >= 0.6 is 0 Å². The average Bonchev–Trinajstić information content (AvgIpc) is 2.74. The molecule has 2 heterocycles. The number of aromatic nitrogens is 1. The van der Waals surface area contributed by atoms with Crippen LogP contribution in [-0.2, 0) is 6.18 Å². The molecule has 8 heteroatoms. The van der Waals surface area contributed by atoms with E-state index in [2.05, 4.69) is 22.1 Å². The minimum Gasteiger partial charge on any atom is -0.545 e. The summed E-state index contributed by atoms with van der Waals surface area (Å²) in [5, 5.41) is 14.6. The Kier molecular flexibility index (Phi) is 5.47. The number of aromatic carboxylic acids is 1. The van der Waals surface area contributed by atoms with Gasteiger partial charge in [-0.1, -0.05) is 19.1 Å². The van der Waals surface area contributed by atoms with Gasteiger partial charge in [-0.15, -0.1) is 0 Å². The van der Waals surface area contributed by atoms with Gasteiger partial charge in [-0.2, -0.15) is 13.2 Å². The van der Waals surface area contributed by atoms with Gasteiger partial charge in [0.2, 0.25) is 0 Å². The van der Waals surface area contributed by atoms with Crippen LogP contribution in [0.5, 0.6) is 0 Å². The van der Waals surface area contributed by atoms with E-state index in [0.717, 1.165) is 43.9 Å². The van der Waals surface area contributed by atoms with Crippen LogP contribution in [-0.4, -0.2) is 24.0 Å². The van der Waals surface area contributed by atoms with E-state index in [9.17, 15) is 23.1 Å². The van der Waals surface area contributed by atoms with Crippen LogP contribution in [0.4, 0.5) is 30.2 Å². The van der Waals surface area contributed by atoms with Crippen molar-refractivity contribution in [2.24, 2.45) is 5.92 Å². The molecule has 1 aliphatic rings. The number of hydrogen-bond donors (Lipinski definition) is 1. The maximum Gasteiger partial charge on any atom is 0.418 e. The molecule has 31 heavy (non-hydrogen) atoms. The first-order valence-corrected chi connectivity index (χ1v) is 10.1. The Morgan fingerprint density at radius 2 is 1.81 bits per heavy atom. The predicted octanol–water partition coefficient (Wildman–Crippen LogP) is 4.60. The van der Waals surface area contributed by atoms with Crippen molar-refractivity contribution in [3.05, 3.63) is 59.8 Å². The van der Waals surface area contributed by atoms with Crippen molar-refractivity contribution in [1.29, 1.82) is 0 Å². The molecule has 0 radical (unpaired) electrons.